The summed E-state index contributed by atoms with van der Waals surface area (Å²) in [5.74, 6) is 1.87. The van der Waals surface area contributed by atoms with Crippen LogP contribution in [0, 0.1) is 20.8 Å². The van der Waals surface area contributed by atoms with Crippen LogP contribution in [-0.2, 0) is 13.0 Å². The van der Waals surface area contributed by atoms with Gasteiger partial charge in [0.05, 0.1) is 18.4 Å². The fourth-order valence-electron chi connectivity index (χ4n) is 2.65. The third-order valence-corrected chi connectivity index (χ3v) is 3.91. The molecule has 1 N–H and O–H groups in total. The molecule has 3 rings (SSSR count). The van der Waals surface area contributed by atoms with E-state index in [0.717, 1.165) is 17.1 Å². The zero-order valence-electron chi connectivity index (χ0n) is 14.0. The number of aryl methyl sites for hydroxylation is 2. The highest BCUT2D eigenvalue weighted by Gasteiger charge is 2.16. The van der Waals surface area contributed by atoms with E-state index in [0.29, 0.717) is 36.8 Å². The summed E-state index contributed by atoms with van der Waals surface area (Å²) < 4.78 is 12.5. The first-order chi connectivity index (χ1) is 11.5. The minimum absolute atomic E-state index is 0.106. The van der Waals surface area contributed by atoms with Gasteiger partial charge < -0.3 is 18.8 Å². The molecule has 1 amide bonds. The Morgan fingerprint density at radius 1 is 1.33 bits per heavy atom. The normalized spacial score (nSPS) is 11.0. The second-order valence-electron chi connectivity index (χ2n) is 5.69. The van der Waals surface area contributed by atoms with Crippen molar-refractivity contribution >= 4 is 5.91 Å². The average Bonchev–Trinajstić information content (AvgIpc) is 3.26. The van der Waals surface area contributed by atoms with Gasteiger partial charge in [-0.3, -0.25) is 4.79 Å². The highest BCUT2D eigenvalue weighted by Crippen LogP contribution is 2.17. The van der Waals surface area contributed by atoms with Gasteiger partial charge in [-0.05, 0) is 39.0 Å². The van der Waals surface area contributed by atoms with Gasteiger partial charge in [0, 0.05) is 24.4 Å². The highest BCUT2D eigenvalue weighted by molar-refractivity contribution is 5.95. The number of hydrogen-bond donors (Lipinski definition) is 1. The van der Waals surface area contributed by atoms with E-state index in [9.17, 15) is 4.79 Å². The first-order valence-corrected chi connectivity index (χ1v) is 7.81. The molecule has 3 heterocycles. The van der Waals surface area contributed by atoms with Gasteiger partial charge in [0.2, 0.25) is 5.89 Å². The van der Waals surface area contributed by atoms with Crippen molar-refractivity contribution in [3.05, 3.63) is 58.9 Å². The van der Waals surface area contributed by atoms with Crippen LogP contribution in [-0.4, -0.2) is 27.2 Å². The molecule has 0 saturated carbocycles. The van der Waals surface area contributed by atoms with E-state index in [4.69, 9.17) is 8.94 Å². The second-order valence-corrected chi connectivity index (χ2v) is 5.69. The minimum Gasteiger partial charge on any atom is -0.467 e. The lowest BCUT2D eigenvalue weighted by molar-refractivity contribution is 0.0952. The number of furan rings is 1. The smallest absolute Gasteiger partial charge is 0.253 e. The molecule has 0 aliphatic rings. The van der Waals surface area contributed by atoms with E-state index in [1.807, 2.05) is 32.0 Å². The molecule has 0 aliphatic heterocycles. The molecule has 0 saturated heterocycles. The molecule has 0 aromatic carbocycles. The lowest BCUT2D eigenvalue weighted by Gasteiger charge is -2.08. The molecular weight excluding hydrogens is 308 g/mol. The molecule has 24 heavy (non-hydrogen) atoms. The van der Waals surface area contributed by atoms with Crippen molar-refractivity contribution in [2.24, 2.45) is 0 Å². The summed E-state index contributed by atoms with van der Waals surface area (Å²) in [4.78, 5) is 16.5. The van der Waals surface area contributed by atoms with Gasteiger partial charge in [-0.2, -0.15) is 4.98 Å². The Morgan fingerprint density at radius 3 is 2.83 bits per heavy atom. The third kappa shape index (κ3) is 3.40. The van der Waals surface area contributed by atoms with E-state index in [2.05, 4.69) is 20.0 Å². The number of amides is 1. The van der Waals surface area contributed by atoms with Crippen molar-refractivity contribution < 1.29 is 13.7 Å². The van der Waals surface area contributed by atoms with Crippen LogP contribution < -0.4 is 5.32 Å². The van der Waals surface area contributed by atoms with Gasteiger partial charge in [0.25, 0.3) is 5.91 Å². The summed E-state index contributed by atoms with van der Waals surface area (Å²) in [6, 6.07) is 5.67. The summed E-state index contributed by atoms with van der Waals surface area (Å²) in [6.07, 6.45) is 2.16. The number of carbonyl (C=O) groups excluding carboxylic acids is 1. The van der Waals surface area contributed by atoms with E-state index in [-0.39, 0.29) is 5.91 Å². The van der Waals surface area contributed by atoms with Gasteiger partial charge in [-0.25, -0.2) is 0 Å². The van der Waals surface area contributed by atoms with Gasteiger partial charge in [-0.15, -0.1) is 0 Å². The summed E-state index contributed by atoms with van der Waals surface area (Å²) in [6.45, 7) is 6.74. The van der Waals surface area contributed by atoms with Gasteiger partial charge in [0.1, 0.15) is 5.76 Å². The van der Waals surface area contributed by atoms with Crippen LogP contribution in [0.1, 0.15) is 39.2 Å². The second kappa shape index (κ2) is 6.74. The van der Waals surface area contributed by atoms with Crippen LogP contribution >= 0.6 is 0 Å². The van der Waals surface area contributed by atoms with E-state index < -0.39 is 0 Å². The molecule has 0 aliphatic carbocycles. The zero-order valence-corrected chi connectivity index (χ0v) is 14.0. The number of hydrogen-bond acceptors (Lipinski definition) is 5. The highest BCUT2D eigenvalue weighted by atomic mass is 16.5. The maximum absolute atomic E-state index is 12.4. The Kier molecular flexibility index (Phi) is 4.50. The maximum atomic E-state index is 12.4. The van der Waals surface area contributed by atoms with Crippen molar-refractivity contribution in [3.63, 3.8) is 0 Å². The molecule has 0 unspecified atom stereocenters. The monoisotopic (exact) mass is 328 g/mol. The molecule has 0 fully saturated rings. The Labute approximate surface area is 139 Å². The van der Waals surface area contributed by atoms with E-state index in [1.54, 1.807) is 13.2 Å². The predicted molar refractivity (Wildman–Crippen MR) is 86.8 cm³/mol. The molecule has 0 atom stereocenters. The van der Waals surface area contributed by atoms with Crippen LogP contribution in [0.15, 0.2) is 33.4 Å². The van der Waals surface area contributed by atoms with Gasteiger partial charge in [0.15, 0.2) is 5.82 Å². The lowest BCUT2D eigenvalue weighted by atomic mass is 10.2. The van der Waals surface area contributed by atoms with E-state index >= 15 is 0 Å². The number of rotatable bonds is 6. The van der Waals surface area contributed by atoms with Crippen LogP contribution in [0.25, 0.3) is 0 Å². The standard InChI is InChI=1S/C17H20N4O3/c1-11-9-15(12(2)21(11)10-14-5-4-8-23-14)17(22)18-7-6-16-19-13(3)20-24-16/h4-5,8-9H,6-7,10H2,1-3H3,(H,18,22). The average molecular weight is 328 g/mol. The summed E-state index contributed by atoms with van der Waals surface area (Å²) in [5.41, 5.74) is 2.59. The van der Waals surface area contributed by atoms with Crippen molar-refractivity contribution in [2.75, 3.05) is 6.54 Å². The summed E-state index contributed by atoms with van der Waals surface area (Å²) >= 11 is 0. The predicted octanol–water partition coefficient (Wildman–Crippen LogP) is 2.41. The maximum Gasteiger partial charge on any atom is 0.253 e. The van der Waals surface area contributed by atoms with E-state index in [1.165, 1.54) is 0 Å². The Morgan fingerprint density at radius 2 is 2.17 bits per heavy atom. The van der Waals surface area contributed by atoms with Crippen LogP contribution in [0.4, 0.5) is 0 Å². The molecular formula is C17H20N4O3. The fraction of sp³-hybridized carbons (Fsp3) is 0.353. The van der Waals surface area contributed by atoms with Crippen LogP contribution in [0.2, 0.25) is 0 Å². The SMILES string of the molecule is Cc1noc(CCNC(=O)c2cc(C)n(Cc3ccco3)c2C)n1. The van der Waals surface area contributed by atoms with Crippen molar-refractivity contribution in [2.45, 2.75) is 33.7 Å². The fourth-order valence-corrected chi connectivity index (χ4v) is 2.65. The number of nitrogens with one attached hydrogen (secondary N) is 1. The third-order valence-electron chi connectivity index (χ3n) is 3.91. The largest absolute Gasteiger partial charge is 0.467 e. The zero-order chi connectivity index (χ0) is 17.1. The van der Waals surface area contributed by atoms with Crippen molar-refractivity contribution in [3.8, 4) is 0 Å². The Balaban J connectivity index is 1.64. The van der Waals surface area contributed by atoms with Crippen molar-refractivity contribution in [1.82, 2.24) is 20.0 Å². The number of carbonyl (C=O) groups is 1. The molecule has 7 nitrogen and oxygen atoms in total. The summed E-state index contributed by atoms with van der Waals surface area (Å²) in [5, 5.41) is 6.62. The Bertz CT molecular complexity index is 830. The van der Waals surface area contributed by atoms with Crippen molar-refractivity contribution in [1.29, 1.82) is 0 Å². The molecule has 0 bridgehead atoms. The minimum atomic E-state index is -0.106. The van der Waals surface area contributed by atoms with Crippen LogP contribution in [0.5, 0.6) is 0 Å². The van der Waals surface area contributed by atoms with Gasteiger partial charge >= 0.3 is 0 Å². The quantitative estimate of drug-likeness (QED) is 0.751. The molecule has 126 valence electrons. The molecule has 3 aromatic heterocycles. The summed E-state index contributed by atoms with van der Waals surface area (Å²) in [7, 11) is 0. The molecule has 7 heteroatoms. The first kappa shape index (κ1) is 16.0. The van der Waals surface area contributed by atoms with Crippen LogP contribution in [0.3, 0.4) is 0 Å². The topological polar surface area (TPSA) is 86.1 Å². The molecule has 0 spiro atoms. The molecule has 3 aromatic rings. The first-order valence-electron chi connectivity index (χ1n) is 7.81. The number of nitrogens with zero attached hydrogens (tertiary/aromatic N) is 3. The lowest BCUT2D eigenvalue weighted by Crippen LogP contribution is -2.26. The van der Waals surface area contributed by atoms with Gasteiger partial charge in [-0.1, -0.05) is 5.16 Å². The molecule has 0 radical (unpaired) electrons. The number of aromatic nitrogens is 3. The Hall–Kier alpha value is -2.83.